The number of halogens is 1. The molecule has 0 aliphatic heterocycles. The molecule has 0 radical (unpaired) electrons. The Bertz CT molecular complexity index is 43.4. The molecule has 3 heteroatoms. The van der Waals surface area contributed by atoms with E-state index in [-0.39, 0.29) is 18.5 Å². The fourth-order valence-corrected chi connectivity index (χ4v) is 0.397. The molecule has 3 N–H and O–H groups in total. The van der Waals surface area contributed by atoms with Crippen molar-refractivity contribution in [2.45, 2.75) is 25.9 Å². The first-order valence-corrected chi connectivity index (χ1v) is 2.69. The summed E-state index contributed by atoms with van der Waals surface area (Å²) in [6.07, 6.45) is 1.37. The second kappa shape index (κ2) is 7.21. The minimum atomic E-state index is -0.176. The van der Waals surface area contributed by atoms with E-state index >= 15 is 0 Å². The van der Waals surface area contributed by atoms with Crippen LogP contribution in [-0.2, 0) is 0 Å². The molecule has 0 fully saturated rings. The van der Waals surface area contributed by atoms with Crippen molar-refractivity contribution in [2.75, 3.05) is 6.54 Å². The van der Waals surface area contributed by atoms with Gasteiger partial charge in [-0.05, 0) is 19.4 Å². The molecule has 0 bridgehead atoms. The van der Waals surface area contributed by atoms with Crippen molar-refractivity contribution < 1.29 is 5.11 Å². The van der Waals surface area contributed by atoms with E-state index in [4.69, 9.17) is 10.8 Å². The van der Waals surface area contributed by atoms with Crippen molar-refractivity contribution >= 4 is 12.4 Å². The van der Waals surface area contributed by atoms with Gasteiger partial charge in [-0.3, -0.25) is 0 Å². The Hall–Kier alpha value is 0.210. The van der Waals surface area contributed by atoms with Gasteiger partial charge in [-0.1, -0.05) is 6.92 Å². The van der Waals surface area contributed by atoms with Crippen LogP contribution in [0.3, 0.4) is 0 Å². The third-order valence-electron chi connectivity index (χ3n) is 0.971. The van der Waals surface area contributed by atoms with E-state index in [2.05, 4.69) is 0 Å². The molecule has 0 heterocycles. The number of nitrogens with two attached hydrogens (primary N) is 1. The maximum atomic E-state index is 8.78. The monoisotopic (exact) mass is 139 g/mol. The molecule has 8 heavy (non-hydrogen) atoms. The summed E-state index contributed by atoms with van der Waals surface area (Å²) in [5.74, 6) is 0. The van der Waals surface area contributed by atoms with Crippen molar-refractivity contribution in [1.29, 1.82) is 0 Å². The molecule has 2 nitrogen and oxygen atoms in total. The van der Waals surface area contributed by atoms with Crippen molar-refractivity contribution in [3.63, 3.8) is 0 Å². The lowest BCUT2D eigenvalue weighted by Crippen LogP contribution is -2.11. The molecule has 0 aliphatic rings. The highest BCUT2D eigenvalue weighted by atomic mass is 35.5. The summed E-state index contributed by atoms with van der Waals surface area (Å²) in [6, 6.07) is 0. The largest absolute Gasteiger partial charge is 0.393 e. The standard InChI is InChI=1S/C5H13NO.ClH/c1-2-5(7)3-4-6;/h5,7H,2-4,6H2,1H3;1H. The number of rotatable bonds is 3. The summed E-state index contributed by atoms with van der Waals surface area (Å²) in [5, 5.41) is 8.78. The van der Waals surface area contributed by atoms with Gasteiger partial charge in [0.15, 0.2) is 0 Å². The van der Waals surface area contributed by atoms with Gasteiger partial charge < -0.3 is 10.8 Å². The molecule has 0 rings (SSSR count). The third kappa shape index (κ3) is 6.21. The van der Waals surface area contributed by atoms with Crippen LogP contribution in [0, 0.1) is 0 Å². The van der Waals surface area contributed by atoms with Gasteiger partial charge in [0.25, 0.3) is 0 Å². The lowest BCUT2D eigenvalue weighted by Gasteiger charge is -2.01. The van der Waals surface area contributed by atoms with Crippen molar-refractivity contribution in [3.8, 4) is 0 Å². The first kappa shape index (κ1) is 11.1. The van der Waals surface area contributed by atoms with Gasteiger partial charge in [-0.15, -0.1) is 12.4 Å². The molecular formula is C5H14ClNO. The minimum Gasteiger partial charge on any atom is -0.393 e. The Morgan fingerprint density at radius 2 is 2.12 bits per heavy atom. The topological polar surface area (TPSA) is 46.2 Å². The maximum absolute atomic E-state index is 8.78. The van der Waals surface area contributed by atoms with Gasteiger partial charge in [0, 0.05) is 0 Å². The smallest absolute Gasteiger partial charge is 0.0549 e. The highest BCUT2D eigenvalue weighted by Gasteiger charge is 1.94. The summed E-state index contributed by atoms with van der Waals surface area (Å²) in [5.41, 5.74) is 5.14. The van der Waals surface area contributed by atoms with Crippen LogP contribution < -0.4 is 5.73 Å². The van der Waals surface area contributed by atoms with E-state index in [0.717, 1.165) is 12.8 Å². The zero-order chi connectivity index (χ0) is 5.70. The molecule has 0 aromatic heterocycles. The van der Waals surface area contributed by atoms with E-state index < -0.39 is 0 Å². The Morgan fingerprint density at radius 3 is 2.25 bits per heavy atom. The van der Waals surface area contributed by atoms with Crippen LogP contribution in [0.25, 0.3) is 0 Å². The normalized spacial score (nSPS) is 12.4. The quantitative estimate of drug-likeness (QED) is 0.599. The Labute approximate surface area is 56.5 Å². The predicted molar refractivity (Wildman–Crippen MR) is 37.2 cm³/mol. The molecule has 1 unspecified atom stereocenters. The SMILES string of the molecule is CCC(O)CCN.Cl. The van der Waals surface area contributed by atoms with Gasteiger partial charge in [0.2, 0.25) is 0 Å². The summed E-state index contributed by atoms with van der Waals surface area (Å²) in [4.78, 5) is 0. The second-order valence-corrected chi connectivity index (χ2v) is 1.64. The third-order valence-corrected chi connectivity index (χ3v) is 0.971. The van der Waals surface area contributed by atoms with Crippen LogP contribution in [0.5, 0.6) is 0 Å². The molecule has 1 atom stereocenters. The summed E-state index contributed by atoms with van der Waals surface area (Å²) >= 11 is 0. The molecule has 0 aromatic carbocycles. The van der Waals surface area contributed by atoms with Gasteiger partial charge in [-0.2, -0.15) is 0 Å². The average molecular weight is 140 g/mol. The van der Waals surface area contributed by atoms with E-state index in [1.54, 1.807) is 0 Å². The van der Waals surface area contributed by atoms with Gasteiger partial charge in [0.05, 0.1) is 6.10 Å². The fraction of sp³-hybridized carbons (Fsp3) is 1.00. The number of hydrogen-bond donors (Lipinski definition) is 2. The number of aliphatic hydroxyl groups excluding tert-OH is 1. The summed E-state index contributed by atoms with van der Waals surface area (Å²) < 4.78 is 0. The van der Waals surface area contributed by atoms with Crippen LogP contribution in [-0.4, -0.2) is 17.8 Å². The van der Waals surface area contributed by atoms with Crippen molar-refractivity contribution in [1.82, 2.24) is 0 Å². The van der Waals surface area contributed by atoms with Crippen LogP contribution in [0.2, 0.25) is 0 Å². The Morgan fingerprint density at radius 1 is 1.62 bits per heavy atom. The van der Waals surface area contributed by atoms with E-state index in [0.29, 0.717) is 6.54 Å². The zero-order valence-electron chi connectivity index (χ0n) is 5.13. The average Bonchev–Trinajstić information content (AvgIpc) is 1.68. The molecule has 0 amide bonds. The van der Waals surface area contributed by atoms with Crippen molar-refractivity contribution in [2.24, 2.45) is 5.73 Å². The fourth-order valence-electron chi connectivity index (χ4n) is 0.397. The molecule has 0 spiro atoms. The Kier molecular flexibility index (Phi) is 9.97. The maximum Gasteiger partial charge on any atom is 0.0549 e. The van der Waals surface area contributed by atoms with Crippen LogP contribution >= 0.6 is 12.4 Å². The lowest BCUT2D eigenvalue weighted by molar-refractivity contribution is 0.163. The molecule has 0 saturated heterocycles. The Balaban J connectivity index is 0. The summed E-state index contributed by atoms with van der Waals surface area (Å²) in [6.45, 7) is 2.54. The first-order chi connectivity index (χ1) is 3.31. The number of hydrogen-bond acceptors (Lipinski definition) is 2. The van der Waals surface area contributed by atoms with E-state index in [1.807, 2.05) is 6.92 Å². The molecule has 52 valence electrons. The molecular weight excluding hydrogens is 126 g/mol. The zero-order valence-corrected chi connectivity index (χ0v) is 5.95. The molecule has 0 saturated carbocycles. The van der Waals surface area contributed by atoms with Crippen molar-refractivity contribution in [3.05, 3.63) is 0 Å². The lowest BCUT2D eigenvalue weighted by atomic mass is 10.2. The predicted octanol–water partition coefficient (Wildman–Crippen LogP) is 0.528. The van der Waals surface area contributed by atoms with Crippen LogP contribution in [0.4, 0.5) is 0 Å². The van der Waals surface area contributed by atoms with E-state index in [9.17, 15) is 0 Å². The van der Waals surface area contributed by atoms with Gasteiger partial charge in [-0.25, -0.2) is 0 Å². The highest BCUT2D eigenvalue weighted by Crippen LogP contribution is 1.91. The van der Waals surface area contributed by atoms with Gasteiger partial charge in [0.1, 0.15) is 0 Å². The second-order valence-electron chi connectivity index (χ2n) is 1.64. The minimum absolute atomic E-state index is 0. The highest BCUT2D eigenvalue weighted by molar-refractivity contribution is 5.85. The molecule has 0 aliphatic carbocycles. The van der Waals surface area contributed by atoms with Crippen LogP contribution in [0.1, 0.15) is 19.8 Å². The van der Waals surface area contributed by atoms with E-state index in [1.165, 1.54) is 0 Å². The first-order valence-electron chi connectivity index (χ1n) is 2.69. The molecule has 0 aromatic rings. The number of aliphatic hydroxyl groups is 1. The van der Waals surface area contributed by atoms with Gasteiger partial charge >= 0.3 is 0 Å². The van der Waals surface area contributed by atoms with Crippen LogP contribution in [0.15, 0.2) is 0 Å². The summed E-state index contributed by atoms with van der Waals surface area (Å²) in [7, 11) is 0.